The first-order valence-corrected chi connectivity index (χ1v) is 4.62. The van der Waals surface area contributed by atoms with Gasteiger partial charge in [-0.25, -0.2) is 0 Å². The molecule has 1 saturated heterocycles. The highest BCUT2D eigenvalue weighted by molar-refractivity contribution is 5.96. The van der Waals surface area contributed by atoms with Crippen LogP contribution in [-0.4, -0.2) is 27.7 Å². The Balaban J connectivity index is 2.20. The van der Waals surface area contributed by atoms with Crippen molar-refractivity contribution in [3.05, 3.63) is 35.9 Å². The van der Waals surface area contributed by atoms with Gasteiger partial charge in [-0.15, -0.1) is 0 Å². The zero-order valence-corrected chi connectivity index (χ0v) is 8.27. The molecule has 1 aliphatic heterocycles. The van der Waals surface area contributed by atoms with E-state index in [0.717, 1.165) is 0 Å². The van der Waals surface area contributed by atoms with Crippen molar-refractivity contribution in [2.45, 2.75) is 25.6 Å². The lowest BCUT2D eigenvalue weighted by atomic mass is 10.2. The zero-order chi connectivity index (χ0) is 10.3. The molecule has 1 unspecified atom stereocenters. The molecule has 3 nitrogen and oxygen atoms in total. The van der Waals surface area contributed by atoms with Crippen LogP contribution in [0.5, 0.6) is 0 Å². The van der Waals surface area contributed by atoms with E-state index in [1.165, 1.54) is 4.90 Å². The second-order valence-electron chi connectivity index (χ2n) is 4.07. The van der Waals surface area contributed by atoms with Crippen molar-refractivity contribution in [3.8, 4) is 0 Å². The minimum Gasteiger partial charge on any atom is -0.371 e. The van der Waals surface area contributed by atoms with Gasteiger partial charge in [0.2, 0.25) is 0 Å². The third-order valence-corrected chi connectivity index (χ3v) is 2.67. The first-order valence-electron chi connectivity index (χ1n) is 4.62. The number of benzene rings is 1. The highest BCUT2D eigenvalue weighted by Crippen LogP contribution is 2.39. The van der Waals surface area contributed by atoms with Crippen LogP contribution in [0.4, 0.5) is 0 Å². The predicted octanol–water partition coefficient (Wildman–Crippen LogP) is 1.24. The summed E-state index contributed by atoms with van der Waals surface area (Å²) < 4.78 is 0. The largest absolute Gasteiger partial charge is 0.371 e. The fourth-order valence-corrected chi connectivity index (χ4v) is 1.56. The first-order chi connectivity index (χ1) is 6.55. The lowest BCUT2D eigenvalue weighted by molar-refractivity contribution is 0.0805. The molecular weight excluding hydrogens is 178 g/mol. The minimum atomic E-state index is -0.643. The molecule has 1 aliphatic rings. The molecule has 0 saturated carbocycles. The summed E-state index contributed by atoms with van der Waals surface area (Å²) >= 11 is 0. The van der Waals surface area contributed by atoms with Crippen LogP contribution in [0.2, 0.25) is 0 Å². The van der Waals surface area contributed by atoms with Crippen molar-refractivity contribution in [1.29, 1.82) is 0 Å². The van der Waals surface area contributed by atoms with Crippen molar-refractivity contribution in [2.24, 2.45) is 0 Å². The molecule has 1 atom stereocenters. The Labute approximate surface area is 83.0 Å². The number of aliphatic hydroxyl groups excluding tert-OH is 1. The maximum Gasteiger partial charge on any atom is 0.256 e. The van der Waals surface area contributed by atoms with Crippen molar-refractivity contribution >= 4 is 5.91 Å². The van der Waals surface area contributed by atoms with E-state index in [1.54, 1.807) is 12.1 Å². The Morgan fingerprint density at radius 2 is 1.86 bits per heavy atom. The molecule has 3 heteroatoms. The van der Waals surface area contributed by atoms with Crippen LogP contribution in [0.3, 0.4) is 0 Å². The Hall–Kier alpha value is -1.35. The van der Waals surface area contributed by atoms with Gasteiger partial charge < -0.3 is 10.0 Å². The second kappa shape index (κ2) is 2.82. The van der Waals surface area contributed by atoms with Crippen molar-refractivity contribution < 1.29 is 9.90 Å². The van der Waals surface area contributed by atoms with Gasteiger partial charge >= 0.3 is 0 Å². The van der Waals surface area contributed by atoms with Gasteiger partial charge in [0.1, 0.15) is 0 Å². The van der Waals surface area contributed by atoms with E-state index in [2.05, 4.69) is 0 Å². The van der Waals surface area contributed by atoms with Crippen LogP contribution >= 0.6 is 0 Å². The Morgan fingerprint density at radius 1 is 1.36 bits per heavy atom. The van der Waals surface area contributed by atoms with Crippen molar-refractivity contribution in [3.63, 3.8) is 0 Å². The number of nitrogens with zero attached hydrogens (tertiary/aromatic N) is 1. The summed E-state index contributed by atoms with van der Waals surface area (Å²) in [5, 5.41) is 9.49. The van der Waals surface area contributed by atoms with Gasteiger partial charge in [-0.05, 0) is 26.0 Å². The number of rotatable bonds is 1. The van der Waals surface area contributed by atoms with Gasteiger partial charge in [0.15, 0.2) is 6.23 Å². The number of hydrogen-bond donors (Lipinski definition) is 1. The monoisotopic (exact) mass is 191 g/mol. The highest BCUT2D eigenvalue weighted by Gasteiger charge is 2.57. The van der Waals surface area contributed by atoms with E-state index in [4.69, 9.17) is 0 Å². The smallest absolute Gasteiger partial charge is 0.256 e. The van der Waals surface area contributed by atoms with Gasteiger partial charge in [0, 0.05) is 5.56 Å². The van der Waals surface area contributed by atoms with Gasteiger partial charge in [0.25, 0.3) is 5.91 Å². The van der Waals surface area contributed by atoms with Crippen LogP contribution in [0.25, 0.3) is 0 Å². The summed E-state index contributed by atoms with van der Waals surface area (Å²) in [4.78, 5) is 13.3. The summed E-state index contributed by atoms with van der Waals surface area (Å²) in [5.74, 6) is -0.108. The lowest BCUT2D eigenvalue weighted by Crippen LogP contribution is -2.18. The lowest BCUT2D eigenvalue weighted by Gasteiger charge is -2.05. The summed E-state index contributed by atoms with van der Waals surface area (Å²) in [6, 6.07) is 9.00. The Morgan fingerprint density at radius 3 is 2.29 bits per heavy atom. The molecule has 1 heterocycles. The Kier molecular flexibility index (Phi) is 1.86. The predicted molar refractivity (Wildman–Crippen MR) is 52.7 cm³/mol. The molecule has 1 N–H and O–H groups in total. The zero-order valence-electron chi connectivity index (χ0n) is 8.27. The highest BCUT2D eigenvalue weighted by atomic mass is 16.3. The number of amides is 1. The molecular formula is C11H13NO2. The summed E-state index contributed by atoms with van der Waals surface area (Å²) in [5.41, 5.74) is 0.213. The molecule has 0 aliphatic carbocycles. The summed E-state index contributed by atoms with van der Waals surface area (Å²) in [6.07, 6.45) is -0.643. The van der Waals surface area contributed by atoms with Crippen molar-refractivity contribution in [1.82, 2.24) is 4.90 Å². The van der Waals surface area contributed by atoms with E-state index < -0.39 is 11.8 Å². The van der Waals surface area contributed by atoms with Crippen LogP contribution in [-0.2, 0) is 0 Å². The molecule has 74 valence electrons. The van der Waals surface area contributed by atoms with E-state index in [1.807, 2.05) is 32.0 Å². The molecule has 0 spiro atoms. The molecule has 1 aromatic rings. The van der Waals surface area contributed by atoms with Crippen LogP contribution in [0.15, 0.2) is 30.3 Å². The molecule has 1 aromatic carbocycles. The standard InChI is InChI=1S/C11H13NO2/c1-11(2)10(14)12(11)9(13)8-6-4-3-5-7-8/h3-7,10,14H,1-2H3. The molecule has 0 aromatic heterocycles. The fraction of sp³-hybridized carbons (Fsp3) is 0.364. The van der Waals surface area contributed by atoms with Gasteiger partial charge in [0.05, 0.1) is 5.54 Å². The van der Waals surface area contributed by atoms with Gasteiger partial charge in [-0.2, -0.15) is 0 Å². The average Bonchev–Trinajstić information content (AvgIpc) is 2.67. The minimum absolute atomic E-state index is 0.108. The van der Waals surface area contributed by atoms with Crippen LogP contribution in [0.1, 0.15) is 24.2 Å². The maximum absolute atomic E-state index is 11.8. The van der Waals surface area contributed by atoms with Gasteiger partial charge in [-0.1, -0.05) is 18.2 Å². The molecule has 14 heavy (non-hydrogen) atoms. The van der Waals surface area contributed by atoms with E-state index in [9.17, 15) is 9.90 Å². The number of hydrogen-bond acceptors (Lipinski definition) is 2. The van der Waals surface area contributed by atoms with Crippen LogP contribution < -0.4 is 0 Å². The van der Waals surface area contributed by atoms with Crippen LogP contribution in [0, 0.1) is 0 Å². The van der Waals surface area contributed by atoms with Gasteiger partial charge in [-0.3, -0.25) is 4.79 Å². The molecule has 2 rings (SSSR count). The second-order valence-corrected chi connectivity index (χ2v) is 4.07. The molecule has 0 bridgehead atoms. The quantitative estimate of drug-likeness (QED) is 0.678. The van der Waals surface area contributed by atoms with E-state index in [-0.39, 0.29) is 5.91 Å². The molecule has 0 radical (unpaired) electrons. The van der Waals surface area contributed by atoms with E-state index >= 15 is 0 Å². The maximum atomic E-state index is 11.8. The third kappa shape index (κ3) is 1.21. The molecule has 1 fully saturated rings. The summed E-state index contributed by atoms with van der Waals surface area (Å²) in [6.45, 7) is 3.69. The average molecular weight is 191 g/mol. The first kappa shape index (κ1) is 9.21. The summed E-state index contributed by atoms with van der Waals surface area (Å²) in [7, 11) is 0. The fourth-order valence-electron chi connectivity index (χ4n) is 1.56. The number of aliphatic hydroxyl groups is 1. The normalized spacial score (nSPS) is 23.4. The number of carbonyl (C=O) groups is 1. The topological polar surface area (TPSA) is 40.3 Å². The third-order valence-electron chi connectivity index (χ3n) is 2.67. The van der Waals surface area contributed by atoms with E-state index in [0.29, 0.717) is 5.56 Å². The Bertz CT molecular complexity index is 359. The number of carbonyl (C=O) groups excluding carboxylic acids is 1. The van der Waals surface area contributed by atoms with Crippen molar-refractivity contribution in [2.75, 3.05) is 0 Å². The molecule has 1 amide bonds. The SMILES string of the molecule is CC1(C)C(O)N1C(=O)c1ccccc1.